The Morgan fingerprint density at radius 1 is 0.500 bits per heavy atom. The summed E-state index contributed by atoms with van der Waals surface area (Å²) in [4.78, 5) is 22.7. The van der Waals surface area contributed by atoms with Gasteiger partial charge in [0.2, 0.25) is 0 Å². The molecule has 3 aromatic heterocycles. The van der Waals surface area contributed by atoms with Gasteiger partial charge in [-0.2, -0.15) is 21.0 Å². The normalized spacial score (nSPS) is 10.2. The maximum atomic E-state index is 14.1. The minimum absolute atomic E-state index is 0.0788. The second-order valence-corrected chi connectivity index (χ2v) is 20.1. The van der Waals surface area contributed by atoms with Crippen LogP contribution in [-0.2, 0) is 27.5 Å². The number of fused-ring (bicyclic) bond motifs is 3. The van der Waals surface area contributed by atoms with Gasteiger partial charge >= 0.3 is 5.97 Å². The number of phenolic OH excluding ortho intramolecular Hbond substituents is 1. The predicted octanol–water partition coefficient (Wildman–Crippen LogP) is 17.7. The van der Waals surface area contributed by atoms with E-state index in [1.807, 2.05) is 91.0 Å². The third-order valence-electron chi connectivity index (χ3n) is 12.5. The molecule has 15 nitrogen and oxygen atoms in total. The summed E-state index contributed by atoms with van der Waals surface area (Å²) >= 11 is 18.0. The molecule has 8 aromatic carbocycles. The molecular formula is C72H55Cl3F4N8O7. The summed E-state index contributed by atoms with van der Waals surface area (Å²) in [5.41, 5.74) is 12.0. The van der Waals surface area contributed by atoms with Crippen molar-refractivity contribution < 1.29 is 51.1 Å². The van der Waals surface area contributed by atoms with E-state index < -0.39 is 35.0 Å². The quantitative estimate of drug-likeness (QED) is 0.0272. The van der Waals surface area contributed by atoms with Crippen LogP contribution in [-0.4, -0.2) is 45.8 Å². The molecule has 0 aliphatic heterocycles. The van der Waals surface area contributed by atoms with Gasteiger partial charge in [-0.1, -0.05) is 156 Å². The van der Waals surface area contributed by atoms with Gasteiger partial charge in [0.15, 0.2) is 51.8 Å². The number of carbonyl (C=O) groups excluding carboxylic acids is 1. The number of carbonyl (C=O) groups is 1. The molecule has 22 heteroatoms. The number of nitriles is 4. The molecule has 0 bridgehead atoms. The second-order valence-electron chi connectivity index (χ2n) is 18.9. The number of hydrogen-bond acceptors (Lipinski definition) is 15. The zero-order valence-corrected chi connectivity index (χ0v) is 52.6. The summed E-state index contributed by atoms with van der Waals surface area (Å²) in [5, 5.41) is 46.1. The fourth-order valence-electron chi connectivity index (χ4n) is 7.96. The Hall–Kier alpha value is -11.5. The van der Waals surface area contributed by atoms with Gasteiger partial charge in [-0.3, -0.25) is 15.0 Å². The largest absolute Gasteiger partial charge is 0.505 e. The standard InChI is InChI=1S/C17H10ClFN2O.C13H12FNO.C12H8ClFN2O.C12H10.C10H4ClFN2O.C8H11NO3/c18-17-12(8-20)9-21-15-7-14(19)16(6-13(15)17)22-10-11-4-2-1-3-5-11;14-12-8-11(15)6-7-13(12)16-9-10-4-2-1-3-5-10;1-2-17-11-3-8-10(4-9(11)14)16-6-7(5-15)12(8)13;1-3-7-11(8-4-1)12-9-5-2-6-10-12;11-10-5(3-13)4-14-8-2-7(12)9(15)1-6(8)10;1-3-11-6-7(5-9)8(10)12-4-2/h1-7,9H,10H2;1-8H,9,15H2;3-4,6H,2H2,1H3;1-10H;1-2,4,15H;6H,3-4H2,1-2H3. The van der Waals surface area contributed by atoms with Gasteiger partial charge in [-0.25, -0.2) is 22.4 Å². The number of phenols is 1. The number of hydrogen-bond donors (Lipinski definition) is 2. The fourth-order valence-corrected chi connectivity index (χ4v) is 8.69. The number of benzene rings is 8. The van der Waals surface area contributed by atoms with Crippen molar-refractivity contribution in [3.63, 3.8) is 0 Å². The van der Waals surface area contributed by atoms with Crippen molar-refractivity contribution in [1.82, 2.24) is 15.0 Å². The van der Waals surface area contributed by atoms with Crippen molar-refractivity contribution in [3.8, 4) is 58.4 Å². The van der Waals surface area contributed by atoms with Gasteiger partial charge in [0.1, 0.15) is 43.8 Å². The van der Waals surface area contributed by atoms with Gasteiger partial charge in [0.25, 0.3) is 0 Å². The van der Waals surface area contributed by atoms with E-state index in [0.717, 1.165) is 29.5 Å². The first-order valence-corrected chi connectivity index (χ1v) is 29.3. The highest BCUT2D eigenvalue weighted by Gasteiger charge is 2.15. The first kappa shape index (κ1) is 71.6. The van der Waals surface area contributed by atoms with E-state index in [1.54, 1.807) is 32.9 Å². The number of rotatable bonds is 13. The van der Waals surface area contributed by atoms with Crippen LogP contribution in [0.4, 0.5) is 23.2 Å². The summed E-state index contributed by atoms with van der Waals surface area (Å²) < 4.78 is 79.3. The molecule has 0 spiro atoms. The zero-order valence-electron chi connectivity index (χ0n) is 50.3. The number of halogens is 7. The lowest BCUT2D eigenvalue weighted by atomic mass is 10.1. The predicted molar refractivity (Wildman–Crippen MR) is 353 cm³/mol. The van der Waals surface area contributed by atoms with Gasteiger partial charge in [0, 0.05) is 64.7 Å². The Morgan fingerprint density at radius 3 is 1.29 bits per heavy atom. The average Bonchev–Trinajstić information content (AvgIpc) is 0.819. The molecule has 0 aliphatic rings. The SMILES string of the molecule is CCOC=C(C#N)C(=O)OCC.CCOc1cc2c(Cl)c(C#N)cnc2cc1F.N#Cc1cnc2cc(F)c(O)cc2c1Cl.N#Cc1cnc2cc(F)c(OCc3ccccc3)cc2c1Cl.Nc1ccc(OCc2ccccc2)c(F)c1.c1ccc(-c2ccccc2)cc1. The Morgan fingerprint density at radius 2 is 0.894 bits per heavy atom. The molecule has 11 aromatic rings. The molecule has 11 rings (SSSR count). The van der Waals surface area contributed by atoms with Crippen LogP contribution in [0.1, 0.15) is 48.6 Å². The molecule has 3 heterocycles. The van der Waals surface area contributed by atoms with Crippen molar-refractivity contribution in [1.29, 1.82) is 21.0 Å². The second kappa shape index (κ2) is 37.0. The number of ether oxygens (including phenoxy) is 5. The molecule has 0 saturated heterocycles. The average molecular weight is 1330 g/mol. The first-order valence-electron chi connectivity index (χ1n) is 28.2. The third-order valence-corrected chi connectivity index (χ3v) is 13.8. The van der Waals surface area contributed by atoms with Crippen LogP contribution in [0.2, 0.25) is 15.1 Å². The number of aromatic hydroxyl groups is 1. The van der Waals surface area contributed by atoms with Gasteiger partial charge < -0.3 is 34.5 Å². The smallest absolute Gasteiger partial charge is 0.352 e. The van der Waals surface area contributed by atoms with Crippen LogP contribution in [0.15, 0.2) is 206 Å². The minimum atomic E-state index is -0.768. The number of pyridine rings is 3. The Balaban J connectivity index is 0.000000181. The van der Waals surface area contributed by atoms with E-state index in [0.29, 0.717) is 58.2 Å². The molecule has 3 N–H and O–H groups in total. The van der Waals surface area contributed by atoms with Crippen LogP contribution in [0.5, 0.6) is 23.0 Å². The van der Waals surface area contributed by atoms with E-state index in [9.17, 15) is 22.4 Å². The summed E-state index contributed by atoms with van der Waals surface area (Å²) in [5.74, 6) is -2.96. The first-order chi connectivity index (χ1) is 45.5. The van der Waals surface area contributed by atoms with E-state index in [1.165, 1.54) is 66.1 Å². The van der Waals surface area contributed by atoms with E-state index in [-0.39, 0.29) is 67.8 Å². The van der Waals surface area contributed by atoms with Crippen molar-refractivity contribution in [2.24, 2.45) is 0 Å². The maximum Gasteiger partial charge on any atom is 0.352 e. The molecule has 94 heavy (non-hydrogen) atoms. The highest BCUT2D eigenvalue weighted by atomic mass is 35.5. The van der Waals surface area contributed by atoms with Crippen LogP contribution >= 0.6 is 34.8 Å². The van der Waals surface area contributed by atoms with E-state index >= 15 is 0 Å². The van der Waals surface area contributed by atoms with Crippen LogP contribution in [0, 0.1) is 68.6 Å². The number of aromatic nitrogens is 3. The minimum Gasteiger partial charge on any atom is -0.505 e. The zero-order chi connectivity index (χ0) is 67.9. The lowest BCUT2D eigenvalue weighted by Crippen LogP contribution is -2.06. The van der Waals surface area contributed by atoms with E-state index in [2.05, 4.69) is 68.2 Å². The number of nitrogen functional groups attached to an aromatic ring is 1. The molecular weight excluding hydrogens is 1270 g/mol. The van der Waals surface area contributed by atoms with Gasteiger partial charge in [-0.15, -0.1) is 0 Å². The van der Waals surface area contributed by atoms with Crippen molar-refractivity contribution in [3.05, 3.63) is 273 Å². The molecule has 0 radical (unpaired) electrons. The molecule has 474 valence electrons. The molecule has 0 unspecified atom stereocenters. The van der Waals surface area contributed by atoms with Crippen LogP contribution < -0.4 is 19.9 Å². The molecule has 0 amide bonds. The molecule has 0 saturated carbocycles. The lowest BCUT2D eigenvalue weighted by Gasteiger charge is -2.09. The Bertz CT molecular complexity index is 4540. The highest BCUT2D eigenvalue weighted by molar-refractivity contribution is 6.37. The third kappa shape index (κ3) is 20.8. The number of esters is 1. The number of nitrogens with two attached hydrogens (primary N) is 1. The Kier molecular flexibility index (Phi) is 28.2. The fraction of sp³-hybridized carbons (Fsp3) is 0.111. The van der Waals surface area contributed by atoms with E-state index in [4.69, 9.17) is 85.6 Å². The van der Waals surface area contributed by atoms with Crippen molar-refractivity contribution >= 4 is 79.2 Å². The van der Waals surface area contributed by atoms with Crippen LogP contribution in [0.25, 0.3) is 43.8 Å². The number of anilines is 1. The van der Waals surface area contributed by atoms with Crippen LogP contribution in [0.3, 0.4) is 0 Å². The number of nitrogens with zero attached hydrogens (tertiary/aromatic N) is 7. The van der Waals surface area contributed by atoms with Crippen molar-refractivity contribution in [2.75, 3.05) is 25.6 Å². The maximum absolute atomic E-state index is 14.1. The monoisotopic (exact) mass is 1320 g/mol. The van der Waals surface area contributed by atoms with Gasteiger partial charge in [-0.05, 0) is 73.4 Å². The lowest BCUT2D eigenvalue weighted by molar-refractivity contribution is -0.138. The topological polar surface area (TPSA) is 243 Å². The highest BCUT2D eigenvalue weighted by Crippen LogP contribution is 2.34. The van der Waals surface area contributed by atoms with Crippen molar-refractivity contribution in [2.45, 2.75) is 34.0 Å². The molecule has 0 atom stereocenters. The summed E-state index contributed by atoms with van der Waals surface area (Å²) in [6, 6.07) is 59.3. The van der Waals surface area contributed by atoms with Gasteiger partial charge in [0.05, 0.1) is 68.1 Å². The summed E-state index contributed by atoms with van der Waals surface area (Å²) in [7, 11) is 0. The summed E-state index contributed by atoms with van der Waals surface area (Å²) in [6.45, 7) is 6.81. The molecule has 0 aliphatic carbocycles. The summed E-state index contributed by atoms with van der Waals surface area (Å²) in [6.07, 6.45) is 5.03. The Labute approximate surface area is 553 Å². The molecule has 0 fully saturated rings.